The van der Waals surface area contributed by atoms with E-state index in [1.807, 2.05) is 6.08 Å². The molecule has 0 aliphatic carbocycles. The molecule has 0 bridgehead atoms. The summed E-state index contributed by atoms with van der Waals surface area (Å²) in [5.41, 5.74) is 10.3. The van der Waals surface area contributed by atoms with Gasteiger partial charge in [-0.05, 0) is 89.2 Å². The minimum absolute atomic E-state index is 0.477. The highest BCUT2D eigenvalue weighted by Crippen LogP contribution is 2.35. The summed E-state index contributed by atoms with van der Waals surface area (Å²) in [6, 6.07) is 31.0. The molecule has 4 aromatic rings. The first-order chi connectivity index (χ1) is 17.4. The quantitative estimate of drug-likeness (QED) is 0.264. The van der Waals surface area contributed by atoms with Crippen molar-refractivity contribution < 1.29 is 0 Å². The summed E-state index contributed by atoms with van der Waals surface area (Å²) in [6.07, 6.45) is 6.22. The van der Waals surface area contributed by atoms with Gasteiger partial charge in [0.2, 0.25) is 0 Å². The molecular weight excluding hydrogens is 434 g/mol. The van der Waals surface area contributed by atoms with Crippen molar-refractivity contribution in [3.8, 4) is 11.1 Å². The van der Waals surface area contributed by atoms with Crippen LogP contribution < -0.4 is 15.3 Å². The Morgan fingerprint density at radius 2 is 1.42 bits per heavy atom. The van der Waals surface area contributed by atoms with Crippen LogP contribution in [0, 0.1) is 20.8 Å². The Morgan fingerprint density at radius 1 is 0.722 bits per heavy atom. The van der Waals surface area contributed by atoms with Crippen LogP contribution in [0.1, 0.15) is 42.0 Å². The van der Waals surface area contributed by atoms with Crippen LogP contribution in [0.2, 0.25) is 0 Å². The second-order valence-corrected chi connectivity index (χ2v) is 9.93. The molecule has 0 radical (unpaired) electrons. The molecule has 0 aliphatic heterocycles. The molecule has 0 saturated carbocycles. The van der Waals surface area contributed by atoms with E-state index < -0.39 is 0 Å². The normalized spacial score (nSPS) is 12.3. The second kappa shape index (κ2) is 11.3. The van der Waals surface area contributed by atoms with Crippen LogP contribution in [-0.2, 0) is 0 Å². The first kappa shape index (κ1) is 25.3. The Balaban J connectivity index is 1.80. The van der Waals surface area contributed by atoms with E-state index in [2.05, 4.69) is 143 Å². The molecule has 36 heavy (non-hydrogen) atoms. The third-order valence-electron chi connectivity index (χ3n) is 6.74. The van der Waals surface area contributed by atoms with Crippen molar-refractivity contribution in [1.29, 1.82) is 0 Å². The highest BCUT2D eigenvalue weighted by atomic mass is 15.1. The Kier molecular flexibility index (Phi) is 7.90. The van der Waals surface area contributed by atoms with Crippen molar-refractivity contribution in [1.82, 2.24) is 0 Å². The van der Waals surface area contributed by atoms with E-state index in [1.54, 1.807) is 0 Å². The third-order valence-corrected chi connectivity index (χ3v) is 6.74. The van der Waals surface area contributed by atoms with Crippen molar-refractivity contribution in [2.45, 2.75) is 40.5 Å². The van der Waals surface area contributed by atoms with Gasteiger partial charge in [0.25, 0.3) is 0 Å². The fourth-order valence-electron chi connectivity index (χ4n) is 4.84. The third kappa shape index (κ3) is 5.69. The Morgan fingerprint density at radius 3 is 2.11 bits per heavy atom. The van der Waals surface area contributed by atoms with E-state index in [-0.39, 0.29) is 0 Å². The number of rotatable bonds is 7. The topological polar surface area (TPSA) is 3.24 Å². The predicted octanol–water partition coefficient (Wildman–Crippen LogP) is 7.99. The van der Waals surface area contributed by atoms with E-state index in [9.17, 15) is 0 Å². The lowest BCUT2D eigenvalue weighted by Crippen LogP contribution is -2.27. The molecule has 4 rings (SSSR count). The summed E-state index contributed by atoms with van der Waals surface area (Å²) in [4.78, 5) is 2.40. The maximum atomic E-state index is 3.88. The summed E-state index contributed by atoms with van der Waals surface area (Å²) in [5, 5.41) is 2.40. The van der Waals surface area contributed by atoms with Crippen molar-refractivity contribution in [3.63, 3.8) is 0 Å². The van der Waals surface area contributed by atoms with E-state index in [1.165, 1.54) is 55.2 Å². The molecule has 1 heteroatoms. The largest absolute Gasteiger partial charge is 0.338 e. The van der Waals surface area contributed by atoms with Crippen LogP contribution in [0.15, 0.2) is 97.6 Å². The number of benzene rings is 4. The molecule has 0 unspecified atom stereocenters. The molecule has 0 heterocycles. The van der Waals surface area contributed by atoms with Gasteiger partial charge in [0, 0.05) is 17.9 Å². The van der Waals surface area contributed by atoms with E-state index in [0.717, 1.165) is 6.54 Å². The van der Waals surface area contributed by atoms with Crippen LogP contribution in [0.3, 0.4) is 0 Å². The fourth-order valence-corrected chi connectivity index (χ4v) is 4.84. The molecule has 0 aromatic heterocycles. The van der Waals surface area contributed by atoms with Gasteiger partial charge < -0.3 is 4.90 Å². The standard InChI is InChI=1S/C35H37N/c1-7-11-29-13-8-9-14-30(29)20-21-36(31-15-10-12-26(4)22-31)32-17-19-33(28(6)24-32)34-18-16-27(5)23-35(34)25(2)3/h7-20,22-25H,1,21H2,2-6H3/b29-11-,30-20-. The zero-order valence-corrected chi connectivity index (χ0v) is 22.3. The lowest BCUT2D eigenvalue weighted by atomic mass is 9.89. The van der Waals surface area contributed by atoms with Gasteiger partial charge >= 0.3 is 0 Å². The van der Waals surface area contributed by atoms with Crippen LogP contribution in [-0.4, -0.2) is 6.54 Å². The second-order valence-electron chi connectivity index (χ2n) is 9.93. The molecule has 0 N–H and O–H groups in total. The highest BCUT2D eigenvalue weighted by molar-refractivity contribution is 5.76. The average molecular weight is 472 g/mol. The Bertz CT molecular complexity index is 1490. The van der Waals surface area contributed by atoms with E-state index >= 15 is 0 Å². The summed E-state index contributed by atoms with van der Waals surface area (Å²) in [5.74, 6) is 0.477. The molecule has 0 aliphatic rings. The van der Waals surface area contributed by atoms with Crippen LogP contribution in [0.4, 0.5) is 11.4 Å². The fraction of sp³-hybridized carbons (Fsp3) is 0.200. The van der Waals surface area contributed by atoms with Crippen molar-refractivity contribution in [2.75, 3.05) is 11.4 Å². The summed E-state index contributed by atoms with van der Waals surface area (Å²) in [7, 11) is 0. The Labute approximate surface area is 216 Å². The van der Waals surface area contributed by atoms with Crippen molar-refractivity contribution >= 4 is 23.5 Å². The summed E-state index contributed by atoms with van der Waals surface area (Å²) < 4.78 is 0. The number of hydrogen-bond acceptors (Lipinski definition) is 1. The van der Waals surface area contributed by atoms with E-state index in [4.69, 9.17) is 0 Å². The maximum Gasteiger partial charge on any atom is 0.0420 e. The zero-order valence-electron chi connectivity index (χ0n) is 22.3. The minimum atomic E-state index is 0.477. The van der Waals surface area contributed by atoms with Crippen molar-refractivity contribution in [2.24, 2.45) is 0 Å². The van der Waals surface area contributed by atoms with Gasteiger partial charge in [-0.25, -0.2) is 0 Å². The minimum Gasteiger partial charge on any atom is -0.338 e. The van der Waals surface area contributed by atoms with Gasteiger partial charge in [0.15, 0.2) is 0 Å². The highest BCUT2D eigenvalue weighted by Gasteiger charge is 2.14. The summed E-state index contributed by atoms with van der Waals surface area (Å²) in [6.45, 7) is 15.8. The molecule has 182 valence electrons. The number of allylic oxidation sites excluding steroid dienone is 1. The lowest BCUT2D eigenvalue weighted by Gasteiger charge is -2.25. The zero-order chi connectivity index (χ0) is 25.7. The number of aryl methyl sites for hydroxylation is 3. The van der Waals surface area contributed by atoms with Gasteiger partial charge in [-0.3, -0.25) is 0 Å². The van der Waals surface area contributed by atoms with Gasteiger partial charge in [-0.15, -0.1) is 0 Å². The monoisotopic (exact) mass is 471 g/mol. The smallest absolute Gasteiger partial charge is 0.0420 e. The van der Waals surface area contributed by atoms with Crippen LogP contribution in [0.5, 0.6) is 0 Å². The number of hydrogen-bond donors (Lipinski definition) is 0. The summed E-state index contributed by atoms with van der Waals surface area (Å²) >= 11 is 0. The molecule has 0 amide bonds. The molecule has 4 aromatic carbocycles. The molecule has 0 spiro atoms. The SMILES string of the molecule is C=C/C=c1/cccc/c1=C/CN(c1cccc(C)c1)c1ccc(-c2ccc(C)cc2C(C)C)c(C)c1. The number of nitrogens with zero attached hydrogens (tertiary/aromatic N) is 1. The van der Waals surface area contributed by atoms with Gasteiger partial charge in [-0.2, -0.15) is 0 Å². The number of anilines is 2. The van der Waals surface area contributed by atoms with E-state index in [0.29, 0.717) is 5.92 Å². The van der Waals surface area contributed by atoms with Gasteiger partial charge in [0.1, 0.15) is 0 Å². The lowest BCUT2D eigenvalue weighted by molar-refractivity contribution is 0.867. The van der Waals surface area contributed by atoms with Gasteiger partial charge in [0.05, 0.1) is 0 Å². The predicted molar refractivity (Wildman–Crippen MR) is 158 cm³/mol. The maximum absolute atomic E-state index is 3.88. The molecule has 0 atom stereocenters. The van der Waals surface area contributed by atoms with Crippen LogP contribution >= 0.6 is 0 Å². The molecule has 1 nitrogen and oxygen atoms in total. The molecular formula is C35H37N. The average Bonchev–Trinajstić information content (AvgIpc) is 2.86. The van der Waals surface area contributed by atoms with Gasteiger partial charge in [-0.1, -0.05) is 105 Å². The molecule has 0 saturated heterocycles. The first-order valence-electron chi connectivity index (χ1n) is 12.8. The molecule has 0 fully saturated rings. The van der Waals surface area contributed by atoms with Crippen molar-refractivity contribution in [3.05, 3.63) is 130 Å². The van der Waals surface area contributed by atoms with Crippen LogP contribution in [0.25, 0.3) is 23.3 Å². The Hall–Kier alpha value is -3.84. The first-order valence-corrected chi connectivity index (χ1v) is 12.8.